The number of amides is 1. The predicted octanol–water partition coefficient (Wildman–Crippen LogP) is 3.36. The normalized spacial score (nSPS) is 15.1. The minimum Gasteiger partial charge on any atom is -0.493 e. The lowest BCUT2D eigenvalue weighted by atomic mass is 10.0. The number of ether oxygens (including phenoxy) is 3. The van der Waals surface area contributed by atoms with E-state index in [1.165, 1.54) is 0 Å². The second kappa shape index (κ2) is 10.7. The van der Waals surface area contributed by atoms with E-state index in [1.807, 2.05) is 48.5 Å². The molecule has 1 saturated heterocycles. The molecule has 2 aromatic carbocycles. The molecule has 8 nitrogen and oxygen atoms in total. The van der Waals surface area contributed by atoms with Gasteiger partial charge >= 0.3 is 0 Å². The fourth-order valence-corrected chi connectivity index (χ4v) is 4.32. The van der Waals surface area contributed by atoms with E-state index in [0.29, 0.717) is 41.7 Å². The number of benzene rings is 2. The monoisotopic (exact) mass is 468 g/mol. The molecule has 0 bridgehead atoms. The Kier molecular flexibility index (Phi) is 7.43. The molecule has 2 heterocycles. The molecule has 1 aromatic heterocycles. The quantitative estimate of drug-likeness (QED) is 0.494. The standard InChI is InChI=1S/C24H28N4O4S/c1-30-21-9-8-17(14-22(21)31-2)19(27-10-12-32-13-11-27)15-25-23(29)20-16-26-24(33)28(20)18-6-4-3-5-7-18/h3-9,14,16,19H,10-13,15H2,1-2H3,(H,25,29)(H,26,33). The molecule has 0 radical (unpaired) electrons. The van der Waals surface area contributed by atoms with Crippen LogP contribution in [0, 0.1) is 4.77 Å². The summed E-state index contributed by atoms with van der Waals surface area (Å²) in [5, 5.41) is 3.10. The molecule has 0 aliphatic carbocycles. The molecule has 2 N–H and O–H groups in total. The van der Waals surface area contributed by atoms with Crippen molar-refractivity contribution in [3.05, 3.63) is 70.8 Å². The van der Waals surface area contributed by atoms with Crippen molar-refractivity contribution in [2.45, 2.75) is 6.04 Å². The first-order chi connectivity index (χ1) is 16.1. The zero-order valence-electron chi connectivity index (χ0n) is 18.7. The van der Waals surface area contributed by atoms with Crippen LogP contribution < -0.4 is 14.8 Å². The number of H-pyrrole nitrogens is 1. The van der Waals surface area contributed by atoms with Crippen molar-refractivity contribution in [2.75, 3.05) is 47.1 Å². The van der Waals surface area contributed by atoms with Gasteiger partial charge in [0, 0.05) is 31.5 Å². The highest BCUT2D eigenvalue weighted by Gasteiger charge is 2.25. The van der Waals surface area contributed by atoms with Crippen molar-refractivity contribution in [2.24, 2.45) is 0 Å². The average molecular weight is 469 g/mol. The van der Waals surface area contributed by atoms with Crippen molar-refractivity contribution in [3.63, 3.8) is 0 Å². The Hall–Kier alpha value is -3.14. The summed E-state index contributed by atoms with van der Waals surface area (Å²) in [6, 6.07) is 15.4. The molecule has 33 heavy (non-hydrogen) atoms. The van der Waals surface area contributed by atoms with Crippen LogP contribution in [0.25, 0.3) is 5.69 Å². The highest BCUT2D eigenvalue weighted by Crippen LogP contribution is 2.32. The lowest BCUT2D eigenvalue weighted by Gasteiger charge is -2.35. The fraction of sp³-hybridized carbons (Fsp3) is 0.333. The smallest absolute Gasteiger partial charge is 0.269 e. The fourth-order valence-electron chi connectivity index (χ4n) is 4.06. The Labute approximate surface area is 198 Å². The summed E-state index contributed by atoms with van der Waals surface area (Å²) < 4.78 is 18.6. The SMILES string of the molecule is COc1ccc(C(CNC(=O)c2c[nH]c(=S)n2-c2ccccc2)N2CCOCC2)cc1OC. The van der Waals surface area contributed by atoms with E-state index >= 15 is 0 Å². The zero-order valence-corrected chi connectivity index (χ0v) is 19.6. The van der Waals surface area contributed by atoms with Gasteiger partial charge in [0.05, 0.1) is 33.5 Å². The Morgan fingerprint density at radius 3 is 2.55 bits per heavy atom. The van der Waals surface area contributed by atoms with Crippen LogP contribution in [0.2, 0.25) is 0 Å². The number of imidazole rings is 1. The molecule has 0 spiro atoms. The van der Waals surface area contributed by atoms with Crippen molar-refractivity contribution >= 4 is 18.1 Å². The van der Waals surface area contributed by atoms with Gasteiger partial charge in [0.15, 0.2) is 16.3 Å². The summed E-state index contributed by atoms with van der Waals surface area (Å²) in [4.78, 5) is 18.5. The van der Waals surface area contributed by atoms with Gasteiger partial charge in [-0.2, -0.15) is 0 Å². The maximum absolute atomic E-state index is 13.2. The Morgan fingerprint density at radius 1 is 1.12 bits per heavy atom. The third kappa shape index (κ3) is 5.11. The Bertz CT molecular complexity index is 1140. The van der Waals surface area contributed by atoms with Crippen LogP contribution in [-0.4, -0.2) is 67.4 Å². The first-order valence-electron chi connectivity index (χ1n) is 10.8. The van der Waals surface area contributed by atoms with Gasteiger partial charge < -0.3 is 24.5 Å². The highest BCUT2D eigenvalue weighted by atomic mass is 32.1. The second-order valence-electron chi connectivity index (χ2n) is 7.64. The number of morpholine rings is 1. The summed E-state index contributed by atoms with van der Waals surface area (Å²) in [6.45, 7) is 3.28. The van der Waals surface area contributed by atoms with Gasteiger partial charge in [-0.25, -0.2) is 0 Å². The number of aromatic amines is 1. The van der Waals surface area contributed by atoms with E-state index in [4.69, 9.17) is 26.4 Å². The van der Waals surface area contributed by atoms with Gasteiger partial charge in [-0.05, 0) is 42.0 Å². The van der Waals surface area contributed by atoms with E-state index in [0.717, 1.165) is 24.3 Å². The van der Waals surface area contributed by atoms with Crippen molar-refractivity contribution < 1.29 is 19.0 Å². The minimum atomic E-state index is -0.204. The van der Waals surface area contributed by atoms with E-state index in [-0.39, 0.29) is 11.9 Å². The van der Waals surface area contributed by atoms with Gasteiger partial charge in [0.25, 0.3) is 5.91 Å². The minimum absolute atomic E-state index is 0.0512. The number of hydrogen-bond donors (Lipinski definition) is 2. The molecule has 1 unspecified atom stereocenters. The molecule has 1 fully saturated rings. The zero-order chi connectivity index (χ0) is 23.2. The average Bonchev–Trinajstić information content (AvgIpc) is 3.26. The van der Waals surface area contributed by atoms with Gasteiger partial charge in [-0.15, -0.1) is 0 Å². The second-order valence-corrected chi connectivity index (χ2v) is 8.03. The Balaban J connectivity index is 1.58. The maximum atomic E-state index is 13.2. The van der Waals surface area contributed by atoms with Crippen molar-refractivity contribution in [3.8, 4) is 17.2 Å². The number of carbonyl (C=O) groups excluding carboxylic acids is 1. The molecule has 1 aliphatic heterocycles. The molecule has 174 valence electrons. The number of nitrogens with zero attached hydrogens (tertiary/aromatic N) is 2. The predicted molar refractivity (Wildman–Crippen MR) is 128 cm³/mol. The maximum Gasteiger partial charge on any atom is 0.269 e. The molecule has 9 heteroatoms. The summed E-state index contributed by atoms with van der Waals surface area (Å²) in [5.74, 6) is 1.12. The molecule has 0 saturated carbocycles. The molecule has 3 aromatic rings. The number of carbonyl (C=O) groups is 1. The van der Waals surface area contributed by atoms with E-state index in [1.54, 1.807) is 25.0 Å². The number of methoxy groups -OCH3 is 2. The van der Waals surface area contributed by atoms with Crippen LogP contribution in [0.1, 0.15) is 22.1 Å². The molecule has 1 amide bonds. The van der Waals surface area contributed by atoms with Gasteiger partial charge in [-0.1, -0.05) is 24.3 Å². The van der Waals surface area contributed by atoms with Crippen LogP contribution in [0.4, 0.5) is 0 Å². The molecular formula is C24H28N4O4S. The van der Waals surface area contributed by atoms with Crippen LogP contribution in [0.15, 0.2) is 54.7 Å². The van der Waals surface area contributed by atoms with Crippen molar-refractivity contribution in [1.29, 1.82) is 0 Å². The first-order valence-corrected chi connectivity index (χ1v) is 11.2. The van der Waals surface area contributed by atoms with Crippen LogP contribution in [-0.2, 0) is 4.74 Å². The lowest BCUT2D eigenvalue weighted by Crippen LogP contribution is -2.44. The van der Waals surface area contributed by atoms with Gasteiger partial charge in [0.2, 0.25) is 0 Å². The molecular weight excluding hydrogens is 440 g/mol. The topological polar surface area (TPSA) is 80.8 Å². The van der Waals surface area contributed by atoms with Gasteiger partial charge in [-0.3, -0.25) is 14.3 Å². The lowest BCUT2D eigenvalue weighted by molar-refractivity contribution is 0.0161. The van der Waals surface area contributed by atoms with Crippen molar-refractivity contribution in [1.82, 2.24) is 19.8 Å². The number of aromatic nitrogens is 2. The largest absolute Gasteiger partial charge is 0.493 e. The van der Waals surface area contributed by atoms with Crippen LogP contribution in [0.3, 0.4) is 0 Å². The van der Waals surface area contributed by atoms with E-state index in [9.17, 15) is 4.79 Å². The number of para-hydroxylation sites is 1. The summed E-state index contributed by atoms with van der Waals surface area (Å²) in [6.07, 6.45) is 1.64. The van der Waals surface area contributed by atoms with Crippen LogP contribution in [0.5, 0.6) is 11.5 Å². The first kappa shape index (κ1) is 23.0. The van der Waals surface area contributed by atoms with Crippen LogP contribution >= 0.6 is 12.2 Å². The highest BCUT2D eigenvalue weighted by molar-refractivity contribution is 7.71. The number of nitrogens with one attached hydrogen (secondary N) is 2. The Morgan fingerprint density at radius 2 is 1.85 bits per heavy atom. The third-order valence-corrected chi connectivity index (χ3v) is 6.06. The van der Waals surface area contributed by atoms with Gasteiger partial charge in [0.1, 0.15) is 5.69 Å². The number of rotatable bonds is 8. The van der Waals surface area contributed by atoms with E-state index < -0.39 is 0 Å². The summed E-state index contributed by atoms with van der Waals surface area (Å²) in [5.41, 5.74) is 2.32. The number of hydrogen-bond acceptors (Lipinski definition) is 6. The molecule has 1 atom stereocenters. The summed E-state index contributed by atoms with van der Waals surface area (Å²) in [7, 11) is 3.23. The molecule has 4 rings (SSSR count). The third-order valence-electron chi connectivity index (χ3n) is 5.76. The summed E-state index contributed by atoms with van der Waals surface area (Å²) >= 11 is 5.42. The van der Waals surface area contributed by atoms with E-state index in [2.05, 4.69) is 15.2 Å². The molecule has 1 aliphatic rings.